The van der Waals surface area contributed by atoms with E-state index >= 15 is 0 Å². The summed E-state index contributed by atoms with van der Waals surface area (Å²) in [5.41, 5.74) is 4.74. The van der Waals surface area contributed by atoms with E-state index in [4.69, 9.17) is 0 Å². The standard InChI is InChI=1S/C14H21N/c1-10-5-6-11-9-15-13(14(2,3)4)8-12(11)7-10/h5-7,13,15H,8-9H2,1-4H3. The lowest BCUT2D eigenvalue weighted by atomic mass is 9.80. The summed E-state index contributed by atoms with van der Waals surface area (Å²) in [5, 5.41) is 3.63. The molecule has 0 fully saturated rings. The summed E-state index contributed by atoms with van der Waals surface area (Å²) in [5.74, 6) is 0. The van der Waals surface area contributed by atoms with Crippen molar-refractivity contribution in [2.45, 2.75) is 46.7 Å². The van der Waals surface area contributed by atoms with Gasteiger partial charge >= 0.3 is 0 Å². The fourth-order valence-electron chi connectivity index (χ4n) is 2.25. The van der Waals surface area contributed by atoms with E-state index in [9.17, 15) is 0 Å². The Morgan fingerprint density at radius 1 is 1.20 bits per heavy atom. The zero-order chi connectivity index (χ0) is 11.1. The summed E-state index contributed by atoms with van der Waals surface area (Å²) >= 11 is 0. The van der Waals surface area contributed by atoms with Crippen molar-refractivity contribution in [3.05, 3.63) is 34.9 Å². The van der Waals surface area contributed by atoms with Crippen molar-refractivity contribution in [1.29, 1.82) is 0 Å². The normalized spacial score (nSPS) is 21.2. The van der Waals surface area contributed by atoms with E-state index in [1.807, 2.05) is 0 Å². The first-order valence-electron chi connectivity index (χ1n) is 5.78. The van der Waals surface area contributed by atoms with Gasteiger partial charge in [0.15, 0.2) is 0 Å². The third-order valence-corrected chi connectivity index (χ3v) is 3.37. The largest absolute Gasteiger partial charge is 0.309 e. The van der Waals surface area contributed by atoms with Crippen LogP contribution in [0.2, 0.25) is 0 Å². The fourth-order valence-corrected chi connectivity index (χ4v) is 2.25. The van der Waals surface area contributed by atoms with Gasteiger partial charge in [0.05, 0.1) is 0 Å². The van der Waals surface area contributed by atoms with Crippen LogP contribution in [0.4, 0.5) is 0 Å². The third kappa shape index (κ3) is 2.23. The van der Waals surface area contributed by atoms with Crippen LogP contribution in [0, 0.1) is 12.3 Å². The molecule has 1 heteroatoms. The first-order valence-corrected chi connectivity index (χ1v) is 5.78. The molecule has 1 aromatic rings. The lowest BCUT2D eigenvalue weighted by Crippen LogP contribution is -2.44. The van der Waals surface area contributed by atoms with Crippen LogP contribution < -0.4 is 5.32 Å². The molecule has 2 rings (SSSR count). The number of hydrogen-bond acceptors (Lipinski definition) is 1. The van der Waals surface area contributed by atoms with Gasteiger partial charge < -0.3 is 5.32 Å². The van der Waals surface area contributed by atoms with Crippen LogP contribution in [0.5, 0.6) is 0 Å². The van der Waals surface area contributed by atoms with E-state index < -0.39 is 0 Å². The molecular formula is C14H21N. The minimum atomic E-state index is 0.349. The highest BCUT2D eigenvalue weighted by Crippen LogP contribution is 2.27. The predicted molar refractivity (Wildman–Crippen MR) is 65.0 cm³/mol. The molecule has 1 unspecified atom stereocenters. The molecule has 0 saturated carbocycles. The molecule has 1 aliphatic rings. The number of rotatable bonds is 0. The van der Waals surface area contributed by atoms with Gasteiger partial charge in [-0.25, -0.2) is 0 Å². The second-order valence-electron chi connectivity index (χ2n) is 5.78. The predicted octanol–water partition coefficient (Wildman–Crippen LogP) is 3.06. The van der Waals surface area contributed by atoms with Crippen molar-refractivity contribution in [2.24, 2.45) is 5.41 Å². The summed E-state index contributed by atoms with van der Waals surface area (Å²) in [7, 11) is 0. The van der Waals surface area contributed by atoms with Gasteiger partial charge in [-0.15, -0.1) is 0 Å². The summed E-state index contributed by atoms with van der Waals surface area (Å²) < 4.78 is 0. The van der Waals surface area contributed by atoms with Gasteiger partial charge in [0.25, 0.3) is 0 Å². The van der Waals surface area contributed by atoms with E-state index in [1.165, 1.54) is 23.1 Å². The SMILES string of the molecule is Cc1ccc2c(c1)CC(C(C)(C)C)NC2. The molecule has 1 aliphatic heterocycles. The Hall–Kier alpha value is -0.820. The highest BCUT2D eigenvalue weighted by Gasteiger charge is 2.27. The zero-order valence-corrected chi connectivity index (χ0v) is 10.2. The van der Waals surface area contributed by atoms with Crippen LogP contribution in [0.25, 0.3) is 0 Å². The lowest BCUT2D eigenvalue weighted by Gasteiger charge is -2.36. The van der Waals surface area contributed by atoms with Gasteiger partial charge in [0.2, 0.25) is 0 Å². The molecule has 0 bridgehead atoms. The van der Waals surface area contributed by atoms with Crippen molar-refractivity contribution in [3.63, 3.8) is 0 Å². The van der Waals surface area contributed by atoms with Gasteiger partial charge in [-0.3, -0.25) is 0 Å². The molecule has 0 saturated heterocycles. The minimum Gasteiger partial charge on any atom is -0.309 e. The number of nitrogens with one attached hydrogen (secondary N) is 1. The minimum absolute atomic E-state index is 0.349. The molecule has 1 N–H and O–H groups in total. The van der Waals surface area contributed by atoms with E-state index in [0.29, 0.717) is 11.5 Å². The van der Waals surface area contributed by atoms with Gasteiger partial charge in [-0.2, -0.15) is 0 Å². The van der Waals surface area contributed by atoms with Gasteiger partial charge in [0, 0.05) is 12.6 Å². The van der Waals surface area contributed by atoms with Crippen LogP contribution >= 0.6 is 0 Å². The van der Waals surface area contributed by atoms with Crippen molar-refractivity contribution in [3.8, 4) is 0 Å². The quantitative estimate of drug-likeness (QED) is 0.683. The van der Waals surface area contributed by atoms with Crippen LogP contribution in [0.1, 0.15) is 37.5 Å². The van der Waals surface area contributed by atoms with Crippen molar-refractivity contribution >= 4 is 0 Å². The van der Waals surface area contributed by atoms with Crippen LogP contribution in [-0.2, 0) is 13.0 Å². The smallest absolute Gasteiger partial charge is 0.0211 e. The Kier molecular flexibility index (Phi) is 2.59. The van der Waals surface area contributed by atoms with E-state index in [0.717, 1.165) is 6.54 Å². The Labute approximate surface area is 92.9 Å². The number of fused-ring (bicyclic) bond motifs is 1. The molecule has 1 heterocycles. The van der Waals surface area contributed by atoms with Crippen molar-refractivity contribution in [2.75, 3.05) is 0 Å². The summed E-state index contributed by atoms with van der Waals surface area (Å²) in [6.07, 6.45) is 1.17. The molecule has 0 amide bonds. The average molecular weight is 203 g/mol. The number of aryl methyl sites for hydroxylation is 1. The highest BCUT2D eigenvalue weighted by molar-refractivity contribution is 5.34. The molecule has 82 valence electrons. The Morgan fingerprint density at radius 3 is 2.60 bits per heavy atom. The molecule has 1 aromatic carbocycles. The van der Waals surface area contributed by atoms with E-state index in [1.54, 1.807) is 0 Å². The van der Waals surface area contributed by atoms with Gasteiger partial charge in [0.1, 0.15) is 0 Å². The summed E-state index contributed by atoms with van der Waals surface area (Å²) in [6.45, 7) is 10.1. The Balaban J connectivity index is 2.26. The monoisotopic (exact) mass is 203 g/mol. The van der Waals surface area contributed by atoms with Gasteiger partial charge in [-0.1, -0.05) is 44.5 Å². The molecule has 0 radical (unpaired) electrons. The molecule has 0 aliphatic carbocycles. The molecule has 0 spiro atoms. The second kappa shape index (κ2) is 3.64. The van der Waals surface area contributed by atoms with Crippen LogP contribution in [0.3, 0.4) is 0 Å². The maximum Gasteiger partial charge on any atom is 0.0211 e. The van der Waals surface area contributed by atoms with Crippen molar-refractivity contribution in [1.82, 2.24) is 5.32 Å². The topological polar surface area (TPSA) is 12.0 Å². The molecule has 15 heavy (non-hydrogen) atoms. The maximum absolute atomic E-state index is 3.63. The zero-order valence-electron chi connectivity index (χ0n) is 10.2. The summed E-state index contributed by atoms with van der Waals surface area (Å²) in [4.78, 5) is 0. The Bertz CT molecular complexity index is 360. The molecule has 1 atom stereocenters. The second-order valence-corrected chi connectivity index (χ2v) is 5.78. The molecular weight excluding hydrogens is 182 g/mol. The number of benzene rings is 1. The molecule has 1 nitrogen and oxygen atoms in total. The van der Waals surface area contributed by atoms with Crippen LogP contribution in [-0.4, -0.2) is 6.04 Å². The first kappa shape index (κ1) is 10.7. The fraction of sp³-hybridized carbons (Fsp3) is 0.571. The third-order valence-electron chi connectivity index (χ3n) is 3.37. The van der Waals surface area contributed by atoms with Crippen molar-refractivity contribution < 1.29 is 0 Å². The van der Waals surface area contributed by atoms with E-state index in [-0.39, 0.29) is 0 Å². The van der Waals surface area contributed by atoms with Crippen LogP contribution in [0.15, 0.2) is 18.2 Å². The summed E-state index contributed by atoms with van der Waals surface area (Å²) in [6, 6.07) is 7.41. The maximum atomic E-state index is 3.63. The van der Waals surface area contributed by atoms with Gasteiger partial charge in [-0.05, 0) is 29.9 Å². The molecule has 0 aromatic heterocycles. The highest BCUT2D eigenvalue weighted by atomic mass is 14.9. The van der Waals surface area contributed by atoms with E-state index in [2.05, 4.69) is 51.2 Å². The lowest BCUT2D eigenvalue weighted by molar-refractivity contribution is 0.255. The average Bonchev–Trinajstić information content (AvgIpc) is 2.15. The number of hydrogen-bond donors (Lipinski definition) is 1. The Morgan fingerprint density at radius 2 is 1.93 bits per heavy atom. The first-order chi connectivity index (χ1) is 6.97.